The van der Waals surface area contributed by atoms with E-state index in [2.05, 4.69) is 0 Å². The highest BCUT2D eigenvalue weighted by atomic mass is 32.1. The topological polar surface area (TPSA) is 104 Å². The van der Waals surface area contributed by atoms with Gasteiger partial charge in [0.1, 0.15) is 0 Å². The van der Waals surface area contributed by atoms with Gasteiger partial charge in [-0.3, -0.25) is 19.2 Å². The lowest BCUT2D eigenvalue weighted by Crippen LogP contribution is -2.45. The Morgan fingerprint density at radius 3 is 2.11 bits per heavy atom. The highest BCUT2D eigenvalue weighted by molar-refractivity contribution is 7.12. The van der Waals surface area contributed by atoms with Crippen molar-refractivity contribution in [1.29, 1.82) is 0 Å². The fraction of sp³-hybridized carbons (Fsp3) is 0.200. The molecule has 2 N–H and O–H groups in total. The first-order chi connectivity index (χ1) is 16.8. The Morgan fingerprint density at radius 2 is 1.51 bits per heavy atom. The smallest absolute Gasteiger partial charge is 0.272 e. The molecule has 4 rings (SSSR count). The second-order valence-corrected chi connectivity index (χ2v) is 9.92. The minimum Gasteiger partial charge on any atom is -0.346 e. The lowest BCUT2D eigenvalue weighted by Gasteiger charge is -2.27. The number of imide groups is 1. The van der Waals surface area contributed by atoms with Crippen LogP contribution in [0.1, 0.15) is 39.1 Å². The summed E-state index contributed by atoms with van der Waals surface area (Å²) >= 11 is 2.72. The predicted octanol–water partition coefficient (Wildman–Crippen LogP) is 3.70. The van der Waals surface area contributed by atoms with Gasteiger partial charge in [-0.2, -0.15) is 0 Å². The third kappa shape index (κ3) is 5.73. The number of hydrogen-bond donors (Lipinski definition) is 1. The van der Waals surface area contributed by atoms with Crippen LogP contribution in [0.3, 0.4) is 0 Å². The van der Waals surface area contributed by atoms with Gasteiger partial charge >= 0.3 is 0 Å². The van der Waals surface area contributed by atoms with Gasteiger partial charge in [-0.1, -0.05) is 24.3 Å². The first-order valence-corrected chi connectivity index (χ1v) is 12.6. The first kappa shape index (κ1) is 24.5. The number of hydrogen-bond acceptors (Lipinski definition) is 9. The monoisotopic (exact) mass is 508 g/mol. The van der Waals surface area contributed by atoms with Crippen LogP contribution in [0.2, 0.25) is 0 Å². The molecule has 0 saturated heterocycles. The normalized spacial score (nSPS) is 15.3. The number of nitrogens with two attached hydrogens (primary N) is 1. The van der Waals surface area contributed by atoms with Crippen molar-refractivity contribution in [2.24, 2.45) is 5.84 Å². The summed E-state index contributed by atoms with van der Waals surface area (Å²) < 4.78 is 0. The summed E-state index contributed by atoms with van der Waals surface area (Å²) in [7, 11) is 0. The molecule has 2 aliphatic rings. The number of thiophene rings is 2. The minimum atomic E-state index is -0.638. The average Bonchev–Trinajstić information content (AvgIpc) is 3.59. The van der Waals surface area contributed by atoms with E-state index in [1.54, 1.807) is 46.6 Å². The zero-order valence-corrected chi connectivity index (χ0v) is 20.7. The lowest BCUT2D eigenvalue weighted by atomic mass is 10.1. The number of nitrogens with zero attached hydrogens (tertiary/aromatic N) is 3. The number of hydrazine groups is 1. The van der Waals surface area contributed by atoms with Crippen molar-refractivity contribution in [3.8, 4) is 0 Å². The van der Waals surface area contributed by atoms with E-state index in [9.17, 15) is 19.2 Å². The maximum absolute atomic E-state index is 13.0. The largest absolute Gasteiger partial charge is 0.346 e. The number of ketones is 2. The van der Waals surface area contributed by atoms with Gasteiger partial charge in [0.2, 0.25) is 0 Å². The number of carbonyl (C=O) groups is 4. The predicted molar refractivity (Wildman–Crippen MR) is 135 cm³/mol. The molecule has 0 atom stereocenters. The van der Waals surface area contributed by atoms with Gasteiger partial charge in [0, 0.05) is 35.4 Å². The standard InChI is InChI=1S/C25H24N4O4S2/c1-17-8-9-19(14-28(17)16-21(31)23-7-4-12-35-23)25(33)29(26)24(32)18-5-2-10-27(13-18)15-20(30)22-6-3-11-34-22/h2-4,6-8,10-14H,5,9,15-16,26H2,1H3. The summed E-state index contributed by atoms with van der Waals surface area (Å²) in [5, 5.41) is 4.27. The van der Waals surface area contributed by atoms with Crippen LogP contribution >= 0.6 is 22.7 Å². The number of allylic oxidation sites excluding steroid dienone is 3. The van der Waals surface area contributed by atoms with E-state index < -0.39 is 11.8 Å². The summed E-state index contributed by atoms with van der Waals surface area (Å²) in [4.78, 5) is 55.5. The molecule has 0 radical (unpaired) electrons. The zero-order chi connectivity index (χ0) is 24.9. The quantitative estimate of drug-likeness (QED) is 0.191. The molecular formula is C25H24N4O4S2. The van der Waals surface area contributed by atoms with E-state index >= 15 is 0 Å². The Labute approximate surface area is 210 Å². The van der Waals surface area contributed by atoms with Crippen LogP contribution in [0.25, 0.3) is 0 Å². The molecule has 0 unspecified atom stereocenters. The summed E-state index contributed by atoms with van der Waals surface area (Å²) in [6.45, 7) is 2.02. The van der Waals surface area contributed by atoms with Crippen molar-refractivity contribution < 1.29 is 19.2 Å². The van der Waals surface area contributed by atoms with E-state index in [0.29, 0.717) is 38.8 Å². The maximum atomic E-state index is 13.0. The Bertz CT molecular complexity index is 1260. The first-order valence-electron chi connectivity index (χ1n) is 10.9. The Morgan fingerprint density at radius 1 is 0.914 bits per heavy atom. The van der Waals surface area contributed by atoms with E-state index in [1.165, 1.54) is 22.7 Å². The van der Waals surface area contributed by atoms with Crippen LogP contribution in [-0.4, -0.2) is 51.3 Å². The summed E-state index contributed by atoms with van der Waals surface area (Å²) in [6, 6.07) is 7.13. The minimum absolute atomic E-state index is 0.0604. The van der Waals surface area contributed by atoms with Crippen LogP contribution < -0.4 is 5.84 Å². The molecule has 35 heavy (non-hydrogen) atoms. The molecule has 2 amide bonds. The third-order valence-corrected chi connectivity index (χ3v) is 7.38. The van der Waals surface area contributed by atoms with Crippen LogP contribution in [-0.2, 0) is 9.59 Å². The van der Waals surface area contributed by atoms with Gasteiger partial charge in [-0.05, 0) is 42.7 Å². The molecule has 0 aromatic carbocycles. The van der Waals surface area contributed by atoms with Crippen LogP contribution in [0.4, 0.5) is 0 Å². The Balaban J connectivity index is 1.42. The van der Waals surface area contributed by atoms with Gasteiger partial charge in [-0.25, -0.2) is 10.9 Å². The van der Waals surface area contributed by atoms with Gasteiger partial charge in [0.05, 0.1) is 22.8 Å². The van der Waals surface area contributed by atoms with Crippen molar-refractivity contribution in [3.63, 3.8) is 0 Å². The van der Waals surface area contributed by atoms with E-state index in [4.69, 9.17) is 5.84 Å². The number of amides is 2. The van der Waals surface area contributed by atoms with Gasteiger partial charge < -0.3 is 9.80 Å². The van der Waals surface area contributed by atoms with Crippen molar-refractivity contribution in [2.75, 3.05) is 13.1 Å². The number of Topliss-reactive ketones (excluding diaryl/α,β-unsaturated/α-hetero) is 2. The molecule has 4 heterocycles. The van der Waals surface area contributed by atoms with Crippen molar-refractivity contribution >= 4 is 46.1 Å². The van der Waals surface area contributed by atoms with Gasteiger partial charge in [-0.15, -0.1) is 22.7 Å². The lowest BCUT2D eigenvalue weighted by molar-refractivity contribution is -0.140. The summed E-state index contributed by atoms with van der Waals surface area (Å²) in [6.07, 6.45) is 9.03. The van der Waals surface area contributed by atoms with E-state index in [1.807, 2.05) is 35.9 Å². The highest BCUT2D eigenvalue weighted by Crippen LogP contribution is 2.22. The molecule has 2 aromatic heterocycles. The second-order valence-electron chi connectivity index (χ2n) is 8.03. The molecule has 10 heteroatoms. The fourth-order valence-corrected chi connectivity index (χ4v) is 4.95. The van der Waals surface area contributed by atoms with Crippen molar-refractivity contribution in [2.45, 2.75) is 19.8 Å². The van der Waals surface area contributed by atoms with Crippen molar-refractivity contribution in [1.82, 2.24) is 14.8 Å². The molecule has 0 bridgehead atoms. The number of rotatable bonds is 8. The third-order valence-electron chi connectivity index (χ3n) is 5.56. The molecule has 2 aromatic rings. The molecule has 2 aliphatic heterocycles. The average molecular weight is 509 g/mol. The fourth-order valence-electron chi connectivity index (χ4n) is 3.63. The summed E-state index contributed by atoms with van der Waals surface area (Å²) in [5.74, 6) is 4.54. The summed E-state index contributed by atoms with van der Waals surface area (Å²) in [5.41, 5.74) is 1.45. The molecule has 180 valence electrons. The molecule has 0 aliphatic carbocycles. The highest BCUT2D eigenvalue weighted by Gasteiger charge is 2.28. The van der Waals surface area contributed by atoms with Gasteiger partial charge in [0.25, 0.3) is 11.8 Å². The SMILES string of the molecule is CC1=CCC(C(=O)N(N)C(=O)C2=CN(CC(=O)c3cccs3)C=CC2)=CN1CC(=O)c1cccs1. The van der Waals surface area contributed by atoms with Crippen LogP contribution in [0.5, 0.6) is 0 Å². The molecule has 8 nitrogen and oxygen atoms in total. The molecule has 0 fully saturated rings. The Kier molecular flexibility index (Phi) is 7.54. The van der Waals surface area contributed by atoms with Crippen LogP contribution in [0.15, 0.2) is 82.6 Å². The molecular weight excluding hydrogens is 484 g/mol. The van der Waals surface area contributed by atoms with E-state index in [0.717, 1.165) is 5.70 Å². The molecule has 0 spiro atoms. The second kappa shape index (κ2) is 10.8. The van der Waals surface area contributed by atoms with E-state index in [-0.39, 0.29) is 24.7 Å². The number of carbonyl (C=O) groups excluding carboxylic acids is 4. The van der Waals surface area contributed by atoms with Crippen molar-refractivity contribution in [3.05, 3.63) is 92.4 Å². The zero-order valence-electron chi connectivity index (χ0n) is 19.0. The van der Waals surface area contributed by atoms with Crippen LogP contribution in [0, 0.1) is 0 Å². The molecule has 0 saturated carbocycles. The van der Waals surface area contributed by atoms with Gasteiger partial charge in [0.15, 0.2) is 11.6 Å². The maximum Gasteiger partial charge on any atom is 0.272 e. The Hall–Kier alpha value is -3.60.